The zero-order valence-corrected chi connectivity index (χ0v) is 16.5. The zero-order valence-electron chi connectivity index (χ0n) is 16.5. The summed E-state index contributed by atoms with van der Waals surface area (Å²) < 4.78 is 5.57. The maximum atomic E-state index is 11.6. The zero-order chi connectivity index (χ0) is 18.6. The number of aliphatic hydroxyl groups is 1. The molecule has 25 heavy (non-hydrogen) atoms. The first-order valence-electron chi connectivity index (χ1n) is 9.74. The Morgan fingerprint density at radius 2 is 2.00 bits per heavy atom. The molecule has 140 valence electrons. The van der Waals surface area contributed by atoms with Crippen LogP contribution in [0.25, 0.3) is 0 Å². The van der Waals surface area contributed by atoms with Crippen LogP contribution in [0.4, 0.5) is 0 Å². The van der Waals surface area contributed by atoms with Gasteiger partial charge in [-0.15, -0.1) is 6.58 Å². The molecular weight excluding hydrogens is 312 g/mol. The lowest BCUT2D eigenvalue weighted by Crippen LogP contribution is -2.62. The van der Waals surface area contributed by atoms with Crippen LogP contribution in [0.15, 0.2) is 24.3 Å². The summed E-state index contributed by atoms with van der Waals surface area (Å²) in [6, 6.07) is 0. The standard InChI is InChI=1S/C22H34O3/c1-7-21(5)11-10-16-15(12-21)8-9-18-20(3,4)13-17(25-14(2)23)19(24)22(16,18)6/h7,12,16-19,24H,1,8-11,13H2,2-6H3. The van der Waals surface area contributed by atoms with Crippen molar-refractivity contribution >= 4 is 5.97 Å². The van der Waals surface area contributed by atoms with Crippen LogP contribution in [-0.4, -0.2) is 23.3 Å². The van der Waals surface area contributed by atoms with Crippen molar-refractivity contribution in [3.8, 4) is 0 Å². The van der Waals surface area contributed by atoms with Gasteiger partial charge in [-0.3, -0.25) is 4.79 Å². The average molecular weight is 347 g/mol. The molecule has 0 aromatic carbocycles. The van der Waals surface area contributed by atoms with Crippen LogP contribution in [0.5, 0.6) is 0 Å². The highest BCUT2D eigenvalue weighted by atomic mass is 16.6. The number of hydrogen-bond acceptors (Lipinski definition) is 3. The Morgan fingerprint density at radius 3 is 2.60 bits per heavy atom. The molecule has 0 spiro atoms. The molecule has 0 bridgehead atoms. The highest BCUT2D eigenvalue weighted by Crippen LogP contribution is 2.64. The Balaban J connectivity index is 2.02. The van der Waals surface area contributed by atoms with Gasteiger partial charge in [-0.1, -0.05) is 45.4 Å². The predicted octanol–water partition coefficient (Wildman–Crippen LogP) is 4.65. The highest BCUT2D eigenvalue weighted by molar-refractivity contribution is 5.66. The molecule has 6 unspecified atom stereocenters. The van der Waals surface area contributed by atoms with Gasteiger partial charge in [0.1, 0.15) is 6.10 Å². The number of ether oxygens (including phenoxy) is 1. The first-order valence-corrected chi connectivity index (χ1v) is 9.74. The molecule has 3 rings (SSSR count). The third-order valence-electron chi connectivity index (χ3n) is 7.60. The normalized spacial score (nSPS) is 45.6. The molecule has 2 saturated carbocycles. The molecule has 0 radical (unpaired) electrons. The van der Waals surface area contributed by atoms with Gasteiger partial charge in [0.2, 0.25) is 0 Å². The van der Waals surface area contributed by atoms with E-state index in [0.29, 0.717) is 11.8 Å². The van der Waals surface area contributed by atoms with Crippen molar-refractivity contribution in [1.29, 1.82) is 0 Å². The fraction of sp³-hybridized carbons (Fsp3) is 0.773. The topological polar surface area (TPSA) is 46.5 Å². The van der Waals surface area contributed by atoms with Crippen molar-refractivity contribution in [1.82, 2.24) is 0 Å². The van der Waals surface area contributed by atoms with Gasteiger partial charge in [-0.05, 0) is 49.4 Å². The molecule has 0 heterocycles. The van der Waals surface area contributed by atoms with Crippen molar-refractivity contribution in [2.24, 2.45) is 28.1 Å². The van der Waals surface area contributed by atoms with Crippen LogP contribution < -0.4 is 0 Å². The van der Waals surface area contributed by atoms with E-state index in [1.807, 2.05) is 0 Å². The maximum Gasteiger partial charge on any atom is 0.302 e. The largest absolute Gasteiger partial charge is 0.460 e. The average Bonchev–Trinajstić information content (AvgIpc) is 2.51. The Kier molecular flexibility index (Phi) is 4.47. The van der Waals surface area contributed by atoms with E-state index in [4.69, 9.17) is 4.74 Å². The lowest BCUT2D eigenvalue weighted by atomic mass is 9.44. The Labute approximate surface area is 152 Å². The van der Waals surface area contributed by atoms with E-state index in [9.17, 15) is 9.90 Å². The summed E-state index contributed by atoms with van der Waals surface area (Å²) in [6.07, 6.45) is 8.56. The second-order valence-electron chi connectivity index (χ2n) is 9.76. The number of carbonyl (C=O) groups is 1. The van der Waals surface area contributed by atoms with Crippen LogP contribution in [0.1, 0.15) is 66.7 Å². The van der Waals surface area contributed by atoms with Crippen LogP contribution in [-0.2, 0) is 9.53 Å². The van der Waals surface area contributed by atoms with E-state index in [0.717, 1.165) is 32.1 Å². The molecule has 3 aliphatic rings. The summed E-state index contributed by atoms with van der Waals surface area (Å²) in [5.41, 5.74) is 1.36. The minimum absolute atomic E-state index is 0.0544. The molecule has 0 saturated heterocycles. The van der Waals surface area contributed by atoms with E-state index in [1.165, 1.54) is 12.5 Å². The van der Waals surface area contributed by atoms with Gasteiger partial charge in [0.05, 0.1) is 6.10 Å². The lowest BCUT2D eigenvalue weighted by molar-refractivity contribution is -0.207. The molecule has 3 aliphatic carbocycles. The highest BCUT2D eigenvalue weighted by Gasteiger charge is 2.61. The number of fused-ring (bicyclic) bond motifs is 3. The number of rotatable bonds is 2. The second-order valence-corrected chi connectivity index (χ2v) is 9.76. The summed E-state index contributed by atoms with van der Waals surface area (Å²) in [4.78, 5) is 11.6. The number of carbonyl (C=O) groups excluding carboxylic acids is 1. The second kappa shape index (κ2) is 5.97. The van der Waals surface area contributed by atoms with Crippen LogP contribution in [0, 0.1) is 28.1 Å². The predicted molar refractivity (Wildman–Crippen MR) is 99.9 cm³/mol. The smallest absolute Gasteiger partial charge is 0.302 e. The molecule has 3 nitrogen and oxygen atoms in total. The molecule has 6 atom stereocenters. The summed E-state index contributed by atoms with van der Waals surface area (Å²) in [6.45, 7) is 14.5. The van der Waals surface area contributed by atoms with E-state index >= 15 is 0 Å². The van der Waals surface area contributed by atoms with Crippen molar-refractivity contribution in [2.75, 3.05) is 0 Å². The van der Waals surface area contributed by atoms with Gasteiger partial charge in [-0.25, -0.2) is 0 Å². The van der Waals surface area contributed by atoms with Gasteiger partial charge < -0.3 is 9.84 Å². The van der Waals surface area contributed by atoms with Gasteiger partial charge in [0.15, 0.2) is 0 Å². The van der Waals surface area contributed by atoms with E-state index in [1.54, 1.807) is 0 Å². The number of allylic oxidation sites excluding steroid dienone is 3. The first-order chi connectivity index (χ1) is 11.5. The quantitative estimate of drug-likeness (QED) is 0.584. The molecule has 0 aromatic heterocycles. The minimum Gasteiger partial charge on any atom is -0.460 e. The summed E-state index contributed by atoms with van der Waals surface area (Å²) >= 11 is 0. The fourth-order valence-corrected chi connectivity index (χ4v) is 6.36. The third kappa shape index (κ3) is 2.89. The van der Waals surface area contributed by atoms with Crippen LogP contribution in [0.2, 0.25) is 0 Å². The van der Waals surface area contributed by atoms with E-state index in [-0.39, 0.29) is 22.2 Å². The Hall–Kier alpha value is -1.09. The van der Waals surface area contributed by atoms with Crippen LogP contribution in [0.3, 0.4) is 0 Å². The fourth-order valence-electron chi connectivity index (χ4n) is 6.36. The SMILES string of the molecule is C=CC1(C)C=C2CCC3C(C)(C)CC(OC(C)=O)C(O)C3(C)C2CC1. The van der Waals surface area contributed by atoms with Gasteiger partial charge in [0, 0.05) is 17.8 Å². The number of aliphatic hydroxyl groups excluding tert-OH is 1. The van der Waals surface area contributed by atoms with Gasteiger partial charge >= 0.3 is 5.97 Å². The summed E-state index contributed by atoms with van der Waals surface area (Å²) in [5.74, 6) is 0.514. The monoisotopic (exact) mass is 346 g/mol. The molecular formula is C22H34O3. The van der Waals surface area contributed by atoms with Crippen molar-refractivity contribution < 1.29 is 14.6 Å². The molecule has 0 aliphatic heterocycles. The molecule has 0 aromatic rings. The molecule has 1 N–H and O–H groups in total. The van der Waals surface area contributed by atoms with Gasteiger partial charge in [-0.2, -0.15) is 0 Å². The summed E-state index contributed by atoms with van der Waals surface area (Å²) in [7, 11) is 0. The van der Waals surface area contributed by atoms with E-state index in [2.05, 4.69) is 46.4 Å². The van der Waals surface area contributed by atoms with Crippen molar-refractivity contribution in [3.63, 3.8) is 0 Å². The third-order valence-corrected chi connectivity index (χ3v) is 7.60. The summed E-state index contributed by atoms with van der Waals surface area (Å²) in [5, 5.41) is 11.3. The van der Waals surface area contributed by atoms with Crippen molar-refractivity contribution in [2.45, 2.75) is 78.9 Å². The minimum atomic E-state index is -0.601. The molecule has 3 heteroatoms. The van der Waals surface area contributed by atoms with Crippen LogP contribution >= 0.6 is 0 Å². The maximum absolute atomic E-state index is 11.6. The number of hydrogen-bond donors (Lipinski definition) is 1. The number of esters is 1. The Bertz CT molecular complexity index is 604. The molecule has 0 amide bonds. The molecule has 2 fully saturated rings. The first kappa shape index (κ1) is 18.7. The van der Waals surface area contributed by atoms with E-state index < -0.39 is 12.2 Å². The lowest BCUT2D eigenvalue weighted by Gasteiger charge is -2.62. The Morgan fingerprint density at radius 1 is 1.32 bits per heavy atom. The van der Waals surface area contributed by atoms with Gasteiger partial charge in [0.25, 0.3) is 0 Å². The van der Waals surface area contributed by atoms with Crippen molar-refractivity contribution in [3.05, 3.63) is 24.3 Å².